The van der Waals surface area contributed by atoms with E-state index >= 15 is 0 Å². The van der Waals surface area contributed by atoms with E-state index in [0.29, 0.717) is 11.6 Å². The second kappa shape index (κ2) is 5.88. The highest BCUT2D eigenvalue weighted by Crippen LogP contribution is 2.19. The normalized spacial score (nSPS) is 11.4. The van der Waals surface area contributed by atoms with Crippen LogP contribution in [0.4, 0.5) is 0 Å². The quantitative estimate of drug-likeness (QED) is 0.804. The van der Waals surface area contributed by atoms with Crippen LogP contribution in [0.2, 0.25) is 0 Å². The highest BCUT2D eigenvalue weighted by atomic mass is 32.1. The number of hydrogen-bond donors (Lipinski definition) is 1. The van der Waals surface area contributed by atoms with Crippen molar-refractivity contribution in [1.29, 1.82) is 0 Å². The number of aromatic nitrogens is 3. The van der Waals surface area contributed by atoms with Gasteiger partial charge in [0.25, 0.3) is 5.56 Å². The Bertz CT molecular complexity index is 867. The number of hydrogen-bond acceptors (Lipinski definition) is 5. The van der Waals surface area contributed by atoms with Crippen molar-refractivity contribution in [3.8, 4) is 5.88 Å². The molecule has 3 heterocycles. The smallest absolute Gasteiger partial charge is 0.261 e. The molecule has 0 spiro atoms. The minimum Gasteiger partial charge on any atom is -0.493 e. The fourth-order valence-corrected chi connectivity index (χ4v) is 3.20. The Morgan fingerprint density at radius 2 is 2.09 bits per heavy atom. The maximum Gasteiger partial charge on any atom is 0.261 e. The highest BCUT2D eigenvalue weighted by Gasteiger charge is 2.07. The van der Waals surface area contributed by atoms with E-state index in [0.717, 1.165) is 35.2 Å². The van der Waals surface area contributed by atoms with E-state index in [4.69, 9.17) is 0 Å². The van der Waals surface area contributed by atoms with Crippen LogP contribution in [0.5, 0.6) is 5.88 Å². The van der Waals surface area contributed by atoms with Crippen LogP contribution in [0.3, 0.4) is 0 Å². The average Bonchev–Trinajstić information content (AvgIpc) is 2.93. The number of pyridine rings is 1. The summed E-state index contributed by atoms with van der Waals surface area (Å²) in [6, 6.07) is 4.85. The standard InChI is InChI=1S/C16H17N3O2S/c1-10(2)12-9-22-15(17-12)4-3-11-5-6-19-13(7-11)18-14(20)8-16(19)21/h5-10,20H,3-4H2,1-2H3. The molecular weight excluding hydrogens is 298 g/mol. The van der Waals surface area contributed by atoms with Crippen LogP contribution in [-0.2, 0) is 12.8 Å². The van der Waals surface area contributed by atoms with Gasteiger partial charge in [-0.1, -0.05) is 13.8 Å². The lowest BCUT2D eigenvalue weighted by Crippen LogP contribution is -2.13. The predicted molar refractivity (Wildman–Crippen MR) is 86.7 cm³/mol. The first-order valence-electron chi connectivity index (χ1n) is 7.18. The molecule has 0 saturated carbocycles. The molecule has 0 aliphatic rings. The highest BCUT2D eigenvalue weighted by molar-refractivity contribution is 7.09. The molecule has 114 valence electrons. The first kappa shape index (κ1) is 14.7. The summed E-state index contributed by atoms with van der Waals surface area (Å²) in [6.45, 7) is 4.27. The molecule has 0 bridgehead atoms. The molecule has 3 aromatic rings. The van der Waals surface area contributed by atoms with Crippen LogP contribution in [0.15, 0.2) is 34.6 Å². The largest absolute Gasteiger partial charge is 0.493 e. The fraction of sp³-hybridized carbons (Fsp3) is 0.312. The van der Waals surface area contributed by atoms with Crippen LogP contribution in [0, 0.1) is 0 Å². The first-order valence-corrected chi connectivity index (χ1v) is 8.06. The second-order valence-corrected chi connectivity index (χ2v) is 6.48. The van der Waals surface area contributed by atoms with Crippen LogP contribution < -0.4 is 5.56 Å². The lowest BCUT2D eigenvalue weighted by Gasteiger charge is -2.04. The summed E-state index contributed by atoms with van der Waals surface area (Å²) in [5.74, 6) is 0.202. The van der Waals surface area contributed by atoms with Gasteiger partial charge in [0, 0.05) is 18.0 Å². The summed E-state index contributed by atoms with van der Waals surface area (Å²) in [5, 5.41) is 12.7. The molecule has 0 aromatic carbocycles. The van der Waals surface area contributed by atoms with Gasteiger partial charge in [0.1, 0.15) is 5.65 Å². The van der Waals surface area contributed by atoms with Crippen molar-refractivity contribution < 1.29 is 5.11 Å². The molecule has 5 nitrogen and oxygen atoms in total. The molecule has 0 aliphatic carbocycles. The van der Waals surface area contributed by atoms with Gasteiger partial charge in [0.05, 0.1) is 16.8 Å². The topological polar surface area (TPSA) is 67.5 Å². The van der Waals surface area contributed by atoms with E-state index in [1.807, 2.05) is 12.1 Å². The van der Waals surface area contributed by atoms with E-state index in [1.54, 1.807) is 17.5 Å². The van der Waals surface area contributed by atoms with Gasteiger partial charge in [0.2, 0.25) is 5.88 Å². The molecule has 22 heavy (non-hydrogen) atoms. The molecule has 0 unspecified atom stereocenters. The van der Waals surface area contributed by atoms with E-state index < -0.39 is 0 Å². The number of thiazole rings is 1. The molecule has 0 saturated heterocycles. The van der Waals surface area contributed by atoms with Crippen LogP contribution in [0.25, 0.3) is 5.65 Å². The lowest BCUT2D eigenvalue weighted by molar-refractivity contribution is 0.453. The summed E-state index contributed by atoms with van der Waals surface area (Å²) in [5.41, 5.74) is 2.38. The third-order valence-corrected chi connectivity index (χ3v) is 4.43. The Hall–Kier alpha value is -2.21. The first-order chi connectivity index (χ1) is 10.5. The van der Waals surface area contributed by atoms with Gasteiger partial charge < -0.3 is 5.11 Å². The SMILES string of the molecule is CC(C)c1csc(CCc2ccn3c(=O)cc(O)nc3c2)n1. The zero-order valence-corrected chi connectivity index (χ0v) is 13.3. The zero-order valence-electron chi connectivity index (χ0n) is 12.5. The number of aromatic hydroxyl groups is 1. The molecular formula is C16H17N3O2S. The van der Waals surface area contributed by atoms with E-state index in [9.17, 15) is 9.90 Å². The van der Waals surface area contributed by atoms with Crippen molar-refractivity contribution >= 4 is 17.0 Å². The van der Waals surface area contributed by atoms with Gasteiger partial charge in [-0.25, -0.2) is 4.98 Å². The van der Waals surface area contributed by atoms with Crippen molar-refractivity contribution in [3.63, 3.8) is 0 Å². The predicted octanol–water partition coefficient (Wildman–Crippen LogP) is 2.77. The number of nitrogens with zero attached hydrogens (tertiary/aromatic N) is 3. The van der Waals surface area contributed by atoms with Crippen molar-refractivity contribution in [3.05, 3.63) is 56.4 Å². The third-order valence-electron chi connectivity index (χ3n) is 3.51. The maximum atomic E-state index is 11.7. The summed E-state index contributed by atoms with van der Waals surface area (Å²) in [4.78, 5) is 20.3. The summed E-state index contributed by atoms with van der Waals surface area (Å²) in [6.07, 6.45) is 3.38. The van der Waals surface area contributed by atoms with Crippen LogP contribution >= 0.6 is 11.3 Å². The molecule has 0 aliphatic heterocycles. The molecule has 1 N–H and O–H groups in total. The number of aryl methyl sites for hydroxylation is 2. The minimum atomic E-state index is -0.282. The third kappa shape index (κ3) is 3.01. The average molecular weight is 315 g/mol. The van der Waals surface area contributed by atoms with Gasteiger partial charge in [-0.05, 0) is 30.0 Å². The van der Waals surface area contributed by atoms with Crippen molar-refractivity contribution in [2.75, 3.05) is 0 Å². The zero-order chi connectivity index (χ0) is 15.7. The van der Waals surface area contributed by atoms with Crippen molar-refractivity contribution in [2.24, 2.45) is 0 Å². The Labute approximate surface area is 131 Å². The Kier molecular flexibility index (Phi) is 3.94. The molecule has 3 aromatic heterocycles. The number of rotatable bonds is 4. The lowest BCUT2D eigenvalue weighted by atomic mass is 10.1. The van der Waals surface area contributed by atoms with E-state index in [2.05, 4.69) is 29.2 Å². The number of fused-ring (bicyclic) bond motifs is 1. The van der Waals surface area contributed by atoms with Gasteiger partial charge in [0.15, 0.2) is 0 Å². The Morgan fingerprint density at radius 3 is 2.82 bits per heavy atom. The van der Waals surface area contributed by atoms with Gasteiger partial charge in [-0.15, -0.1) is 11.3 Å². The summed E-state index contributed by atoms with van der Waals surface area (Å²) < 4.78 is 1.42. The molecule has 0 amide bonds. The van der Waals surface area contributed by atoms with Gasteiger partial charge in [-0.3, -0.25) is 9.20 Å². The second-order valence-electron chi connectivity index (χ2n) is 5.54. The fourth-order valence-electron chi connectivity index (χ4n) is 2.24. The van der Waals surface area contributed by atoms with Crippen LogP contribution in [-0.4, -0.2) is 19.5 Å². The summed E-state index contributed by atoms with van der Waals surface area (Å²) >= 11 is 1.68. The molecule has 0 radical (unpaired) electrons. The monoisotopic (exact) mass is 315 g/mol. The van der Waals surface area contributed by atoms with Crippen molar-refractivity contribution in [1.82, 2.24) is 14.4 Å². The van der Waals surface area contributed by atoms with Gasteiger partial charge in [-0.2, -0.15) is 4.98 Å². The van der Waals surface area contributed by atoms with Gasteiger partial charge >= 0.3 is 0 Å². The molecule has 0 fully saturated rings. The van der Waals surface area contributed by atoms with Crippen LogP contribution in [0.1, 0.15) is 36.0 Å². The molecule has 0 atom stereocenters. The molecule has 6 heteroatoms. The minimum absolute atomic E-state index is 0.247. The Balaban J connectivity index is 1.80. The Morgan fingerprint density at radius 1 is 1.27 bits per heavy atom. The maximum absolute atomic E-state index is 11.7. The van der Waals surface area contributed by atoms with Crippen molar-refractivity contribution in [2.45, 2.75) is 32.6 Å². The summed E-state index contributed by atoms with van der Waals surface area (Å²) in [7, 11) is 0. The van der Waals surface area contributed by atoms with E-state index in [1.165, 1.54) is 4.40 Å². The van der Waals surface area contributed by atoms with E-state index in [-0.39, 0.29) is 11.4 Å². The molecule has 3 rings (SSSR count).